The monoisotopic (exact) mass is 489 g/mol. The van der Waals surface area contributed by atoms with E-state index in [1.54, 1.807) is 7.05 Å². The lowest BCUT2D eigenvalue weighted by atomic mass is 10.2. The highest BCUT2D eigenvalue weighted by atomic mass is 127. The predicted octanol–water partition coefficient (Wildman–Crippen LogP) is 3.11. The summed E-state index contributed by atoms with van der Waals surface area (Å²) >= 11 is 0. The number of ether oxygens (including phenoxy) is 1. The minimum absolute atomic E-state index is 0. The first-order valence-electron chi connectivity index (χ1n) is 8.27. The van der Waals surface area contributed by atoms with E-state index in [0.29, 0.717) is 12.5 Å². The topological polar surface area (TPSA) is 70.6 Å². The molecule has 0 fully saturated rings. The van der Waals surface area contributed by atoms with Gasteiger partial charge in [-0.3, -0.25) is 4.99 Å². The summed E-state index contributed by atoms with van der Waals surface area (Å²) in [6.45, 7) is 4.85. The molecule has 0 atom stereocenters. The molecule has 1 heterocycles. The second-order valence-electron chi connectivity index (χ2n) is 5.15. The Morgan fingerprint density at radius 3 is 2.58 bits per heavy atom. The summed E-state index contributed by atoms with van der Waals surface area (Å²) in [5, 5.41) is 8.87. The number of alkyl halides is 3. The molecule has 10 heteroatoms. The number of hydrogen-bond acceptors (Lipinski definition) is 4. The van der Waals surface area contributed by atoms with E-state index in [1.807, 2.05) is 6.92 Å². The van der Waals surface area contributed by atoms with Crippen molar-refractivity contribution >= 4 is 35.8 Å². The first-order chi connectivity index (χ1) is 12.0. The van der Waals surface area contributed by atoms with Crippen molar-refractivity contribution in [1.82, 2.24) is 15.6 Å². The Labute approximate surface area is 169 Å². The maximum absolute atomic E-state index is 12.9. The highest BCUT2D eigenvalue weighted by molar-refractivity contribution is 14.0. The second kappa shape index (κ2) is 13.8. The lowest BCUT2D eigenvalue weighted by Crippen LogP contribution is -2.40. The zero-order valence-corrected chi connectivity index (χ0v) is 17.4. The maximum Gasteiger partial charge on any atom is 0.419 e. The van der Waals surface area contributed by atoms with Gasteiger partial charge in [0, 0.05) is 46.1 Å². The summed E-state index contributed by atoms with van der Waals surface area (Å²) < 4.78 is 43.8. The van der Waals surface area contributed by atoms with Gasteiger partial charge in [0.15, 0.2) is 5.96 Å². The molecule has 0 bridgehead atoms. The van der Waals surface area contributed by atoms with Crippen LogP contribution in [0.25, 0.3) is 0 Å². The van der Waals surface area contributed by atoms with Gasteiger partial charge in [0.05, 0.1) is 5.56 Å². The Morgan fingerprint density at radius 2 is 1.92 bits per heavy atom. The number of aliphatic imine (C=N–C) groups is 1. The van der Waals surface area contributed by atoms with Crippen molar-refractivity contribution < 1.29 is 17.9 Å². The lowest BCUT2D eigenvalue weighted by Gasteiger charge is -2.15. The Hall–Kier alpha value is -1.30. The van der Waals surface area contributed by atoms with Crippen molar-refractivity contribution in [3.8, 4) is 0 Å². The van der Waals surface area contributed by atoms with Crippen LogP contribution in [0.15, 0.2) is 23.3 Å². The van der Waals surface area contributed by atoms with E-state index in [2.05, 4.69) is 25.9 Å². The molecular weight excluding hydrogens is 462 g/mol. The quantitative estimate of drug-likeness (QED) is 0.204. The molecular formula is C16H27F3IN5O. The van der Waals surface area contributed by atoms with Crippen molar-refractivity contribution in [2.24, 2.45) is 4.99 Å². The highest BCUT2D eigenvalue weighted by Crippen LogP contribution is 2.33. The summed E-state index contributed by atoms with van der Waals surface area (Å²) in [6, 6.07) is 2.27. The van der Waals surface area contributed by atoms with Crippen LogP contribution in [0.1, 0.15) is 25.3 Å². The molecule has 0 aliphatic carbocycles. The van der Waals surface area contributed by atoms with Gasteiger partial charge in [0.25, 0.3) is 0 Å². The van der Waals surface area contributed by atoms with Gasteiger partial charge in [-0.1, -0.05) is 0 Å². The van der Waals surface area contributed by atoms with Crippen molar-refractivity contribution in [2.75, 3.05) is 45.2 Å². The molecule has 1 aromatic heterocycles. The van der Waals surface area contributed by atoms with Gasteiger partial charge >= 0.3 is 6.18 Å². The molecule has 0 saturated heterocycles. The van der Waals surface area contributed by atoms with E-state index in [0.717, 1.165) is 38.7 Å². The Kier molecular flexibility index (Phi) is 13.2. The molecule has 0 amide bonds. The summed E-state index contributed by atoms with van der Waals surface area (Å²) in [4.78, 5) is 7.81. The molecule has 0 aliphatic rings. The molecule has 1 rings (SSSR count). The Balaban J connectivity index is 0.00000625. The van der Waals surface area contributed by atoms with Crippen molar-refractivity contribution in [3.05, 3.63) is 23.9 Å². The fourth-order valence-electron chi connectivity index (χ4n) is 2.04. The van der Waals surface area contributed by atoms with Gasteiger partial charge in [-0.05, 0) is 31.9 Å². The summed E-state index contributed by atoms with van der Waals surface area (Å²) in [6.07, 6.45) is -1.20. The molecule has 0 saturated carbocycles. The van der Waals surface area contributed by atoms with Crippen LogP contribution in [-0.2, 0) is 10.9 Å². The standard InChI is InChI=1S/C16H26F3N5O.HI/c1-3-25-12-5-4-8-23-15(20-2)24-11-10-22-14-13(16(17,18)19)7-6-9-21-14;/h6-7,9H,3-5,8,10-12H2,1-2H3,(H,21,22)(H2,20,23,24);1H. The molecule has 0 spiro atoms. The maximum atomic E-state index is 12.9. The minimum Gasteiger partial charge on any atom is -0.382 e. The summed E-state index contributed by atoms with van der Waals surface area (Å²) in [5.41, 5.74) is -0.771. The number of unbranched alkanes of at least 4 members (excludes halogenated alkanes) is 1. The van der Waals surface area contributed by atoms with Gasteiger partial charge < -0.3 is 20.7 Å². The molecule has 150 valence electrons. The fourth-order valence-corrected chi connectivity index (χ4v) is 2.04. The minimum atomic E-state index is -4.43. The Morgan fingerprint density at radius 1 is 1.19 bits per heavy atom. The zero-order valence-electron chi connectivity index (χ0n) is 15.0. The van der Waals surface area contributed by atoms with Gasteiger partial charge in [0.1, 0.15) is 5.82 Å². The number of nitrogens with zero attached hydrogens (tertiary/aromatic N) is 2. The summed E-state index contributed by atoms with van der Waals surface area (Å²) in [7, 11) is 1.64. The van der Waals surface area contributed by atoms with Crippen LogP contribution in [0.4, 0.5) is 19.0 Å². The van der Waals surface area contributed by atoms with Crippen molar-refractivity contribution in [1.29, 1.82) is 0 Å². The van der Waals surface area contributed by atoms with Crippen LogP contribution in [0, 0.1) is 0 Å². The first-order valence-corrected chi connectivity index (χ1v) is 8.27. The van der Waals surface area contributed by atoms with Gasteiger partial charge in [-0.15, -0.1) is 24.0 Å². The smallest absolute Gasteiger partial charge is 0.382 e. The van der Waals surface area contributed by atoms with Gasteiger partial charge in [-0.25, -0.2) is 4.98 Å². The molecule has 3 N–H and O–H groups in total. The van der Waals surface area contributed by atoms with Crippen LogP contribution in [0.3, 0.4) is 0 Å². The number of anilines is 1. The highest BCUT2D eigenvalue weighted by Gasteiger charge is 2.33. The molecule has 0 aliphatic heterocycles. The van der Waals surface area contributed by atoms with E-state index in [-0.39, 0.29) is 36.3 Å². The average Bonchev–Trinajstić information content (AvgIpc) is 2.59. The lowest BCUT2D eigenvalue weighted by molar-refractivity contribution is -0.137. The third-order valence-corrected chi connectivity index (χ3v) is 3.26. The zero-order chi connectivity index (χ0) is 18.5. The number of halogens is 4. The van der Waals surface area contributed by atoms with E-state index in [9.17, 15) is 13.2 Å². The average molecular weight is 489 g/mol. The van der Waals surface area contributed by atoms with Crippen LogP contribution < -0.4 is 16.0 Å². The normalized spacial score (nSPS) is 11.7. The molecule has 1 aromatic rings. The number of guanidine groups is 1. The molecule has 0 aromatic carbocycles. The second-order valence-corrected chi connectivity index (χ2v) is 5.15. The third kappa shape index (κ3) is 10.00. The van der Waals surface area contributed by atoms with Crippen LogP contribution in [0.5, 0.6) is 0 Å². The predicted molar refractivity (Wildman–Crippen MR) is 108 cm³/mol. The van der Waals surface area contributed by atoms with Crippen LogP contribution in [-0.4, -0.2) is 50.8 Å². The number of rotatable bonds is 10. The fraction of sp³-hybridized carbons (Fsp3) is 0.625. The first kappa shape index (κ1) is 24.7. The number of pyridine rings is 1. The van der Waals surface area contributed by atoms with E-state index >= 15 is 0 Å². The van der Waals surface area contributed by atoms with Crippen molar-refractivity contribution in [2.45, 2.75) is 25.9 Å². The molecule has 6 nitrogen and oxygen atoms in total. The van der Waals surface area contributed by atoms with Crippen LogP contribution >= 0.6 is 24.0 Å². The van der Waals surface area contributed by atoms with Crippen LogP contribution in [0.2, 0.25) is 0 Å². The Bertz CT molecular complexity index is 529. The van der Waals surface area contributed by atoms with E-state index < -0.39 is 11.7 Å². The van der Waals surface area contributed by atoms with Gasteiger partial charge in [-0.2, -0.15) is 13.2 Å². The summed E-state index contributed by atoms with van der Waals surface area (Å²) in [5.74, 6) is 0.436. The number of aromatic nitrogens is 1. The van der Waals surface area contributed by atoms with Gasteiger partial charge in [0.2, 0.25) is 0 Å². The van der Waals surface area contributed by atoms with E-state index in [4.69, 9.17) is 4.74 Å². The largest absolute Gasteiger partial charge is 0.419 e. The molecule has 26 heavy (non-hydrogen) atoms. The number of nitrogens with one attached hydrogen (secondary N) is 3. The third-order valence-electron chi connectivity index (χ3n) is 3.26. The van der Waals surface area contributed by atoms with E-state index in [1.165, 1.54) is 12.3 Å². The molecule has 0 radical (unpaired) electrons. The molecule has 0 unspecified atom stereocenters. The SMILES string of the molecule is CCOCCCCNC(=NC)NCCNc1ncccc1C(F)(F)F.I. The number of hydrogen-bond donors (Lipinski definition) is 3. The van der Waals surface area contributed by atoms with Crippen molar-refractivity contribution in [3.63, 3.8) is 0 Å².